The molecule has 0 aromatic heterocycles. The van der Waals surface area contributed by atoms with Gasteiger partial charge in [-0.2, -0.15) is 0 Å². The predicted molar refractivity (Wildman–Crippen MR) is 64.3 cm³/mol. The summed E-state index contributed by atoms with van der Waals surface area (Å²) in [5.41, 5.74) is 0. The molecule has 0 radical (unpaired) electrons. The molecule has 8 heteroatoms. The minimum atomic E-state index is -1.65. The van der Waals surface area contributed by atoms with E-state index in [0.717, 1.165) is 12.1 Å². The van der Waals surface area contributed by atoms with Gasteiger partial charge >= 0.3 is 0 Å². The van der Waals surface area contributed by atoms with Gasteiger partial charge in [-0.1, -0.05) is 0 Å². The van der Waals surface area contributed by atoms with Gasteiger partial charge in [-0.3, -0.25) is 0 Å². The van der Waals surface area contributed by atoms with Crippen LogP contribution in [0.1, 0.15) is 0 Å². The van der Waals surface area contributed by atoms with Crippen LogP contribution in [0.2, 0.25) is 0 Å². The molecule has 0 aliphatic rings. The lowest BCUT2D eigenvalue weighted by atomic mass is 10.3. The summed E-state index contributed by atoms with van der Waals surface area (Å²) in [5.74, 6) is -8.86. The van der Waals surface area contributed by atoms with Gasteiger partial charge in [0.1, 0.15) is 0 Å². The van der Waals surface area contributed by atoms with E-state index in [1.807, 2.05) is 0 Å². The second-order valence-corrected chi connectivity index (χ2v) is 5.73. The van der Waals surface area contributed by atoms with Crippen LogP contribution in [0.5, 0.6) is 0 Å². The molecule has 0 heterocycles. The highest BCUT2D eigenvalue weighted by Gasteiger charge is 2.17. The Hall–Kier alpha value is -1.28. The van der Waals surface area contributed by atoms with Crippen LogP contribution in [0, 0.1) is 34.9 Å². The van der Waals surface area contributed by atoms with E-state index in [9.17, 15) is 26.3 Å². The van der Waals surface area contributed by atoms with Gasteiger partial charge in [0.2, 0.25) is 0 Å². The molecule has 20 heavy (non-hydrogen) atoms. The first-order chi connectivity index (χ1) is 9.41. The molecule has 0 nitrogen and oxygen atoms in total. The molecule has 0 aliphatic heterocycles. The number of benzene rings is 2. The highest BCUT2D eigenvalue weighted by atomic mass is 33.1. The van der Waals surface area contributed by atoms with E-state index < -0.39 is 34.9 Å². The third-order valence-electron chi connectivity index (χ3n) is 2.22. The summed E-state index contributed by atoms with van der Waals surface area (Å²) in [4.78, 5) is -0.587. The van der Waals surface area contributed by atoms with Crippen LogP contribution in [-0.2, 0) is 0 Å². The van der Waals surface area contributed by atoms with Crippen molar-refractivity contribution in [2.45, 2.75) is 9.79 Å². The summed E-state index contributed by atoms with van der Waals surface area (Å²) >= 11 is 0. The quantitative estimate of drug-likeness (QED) is 0.425. The van der Waals surface area contributed by atoms with E-state index in [-0.39, 0.29) is 9.79 Å². The van der Waals surface area contributed by atoms with Crippen molar-refractivity contribution in [1.82, 2.24) is 0 Å². The fourth-order valence-corrected chi connectivity index (χ4v) is 3.30. The van der Waals surface area contributed by atoms with E-state index in [4.69, 9.17) is 0 Å². The van der Waals surface area contributed by atoms with Gasteiger partial charge in [-0.15, -0.1) is 0 Å². The van der Waals surface area contributed by atoms with Crippen molar-refractivity contribution < 1.29 is 26.3 Å². The summed E-state index contributed by atoms with van der Waals surface area (Å²) in [6, 6.07) is 3.35. The smallest absolute Gasteiger partial charge is 0.195 e. The Bertz CT molecular complexity index is 601. The SMILES string of the molecule is Fc1ccc(SSc2ccc(F)c(F)c2F)c(F)c1F. The van der Waals surface area contributed by atoms with E-state index in [0.29, 0.717) is 33.7 Å². The van der Waals surface area contributed by atoms with E-state index in [2.05, 4.69) is 0 Å². The molecule has 0 amide bonds. The summed E-state index contributed by atoms with van der Waals surface area (Å²) in [5, 5.41) is 0. The van der Waals surface area contributed by atoms with Crippen molar-refractivity contribution in [2.75, 3.05) is 0 Å². The average molecular weight is 326 g/mol. The molecule has 0 N–H and O–H groups in total. The third-order valence-corrected chi connectivity index (χ3v) is 4.62. The van der Waals surface area contributed by atoms with Crippen molar-refractivity contribution in [3.8, 4) is 0 Å². The van der Waals surface area contributed by atoms with Crippen LogP contribution in [0.4, 0.5) is 26.3 Å². The summed E-state index contributed by atoms with van der Waals surface area (Å²) in [6.07, 6.45) is 0. The zero-order valence-corrected chi connectivity index (χ0v) is 11.0. The summed E-state index contributed by atoms with van der Waals surface area (Å²) in [7, 11) is 1.12. The minimum absolute atomic E-state index is 0.293. The molecular weight excluding hydrogens is 322 g/mol. The molecule has 0 spiro atoms. The summed E-state index contributed by atoms with van der Waals surface area (Å²) in [6.45, 7) is 0. The van der Waals surface area contributed by atoms with Crippen molar-refractivity contribution in [2.24, 2.45) is 0 Å². The lowest BCUT2D eigenvalue weighted by Gasteiger charge is -2.05. The maximum Gasteiger partial charge on any atom is 0.195 e. The van der Waals surface area contributed by atoms with Crippen LogP contribution in [0.15, 0.2) is 34.1 Å². The second kappa shape index (κ2) is 6.01. The summed E-state index contributed by atoms with van der Waals surface area (Å²) < 4.78 is 78.0. The zero-order chi connectivity index (χ0) is 14.9. The normalized spacial score (nSPS) is 10.9. The molecule has 0 saturated carbocycles. The van der Waals surface area contributed by atoms with Crippen molar-refractivity contribution in [3.05, 3.63) is 59.2 Å². The molecule has 0 saturated heterocycles. The van der Waals surface area contributed by atoms with Gasteiger partial charge < -0.3 is 0 Å². The Morgan fingerprint density at radius 2 is 0.850 bits per heavy atom. The van der Waals surface area contributed by atoms with Crippen molar-refractivity contribution >= 4 is 21.6 Å². The van der Waals surface area contributed by atoms with Gasteiger partial charge in [0.05, 0.1) is 9.79 Å². The largest absolute Gasteiger partial charge is 0.204 e. The topological polar surface area (TPSA) is 0 Å². The lowest BCUT2D eigenvalue weighted by Crippen LogP contribution is -1.93. The van der Waals surface area contributed by atoms with Gasteiger partial charge in [-0.05, 0) is 45.9 Å². The van der Waals surface area contributed by atoms with Crippen LogP contribution in [-0.4, -0.2) is 0 Å². The van der Waals surface area contributed by atoms with Gasteiger partial charge in [0.25, 0.3) is 0 Å². The molecule has 0 atom stereocenters. The first-order valence-corrected chi connectivity index (χ1v) is 7.18. The molecule has 106 valence electrons. The Kier molecular flexibility index (Phi) is 4.54. The molecule has 2 aromatic rings. The third kappa shape index (κ3) is 2.90. The molecule has 0 aliphatic carbocycles. The van der Waals surface area contributed by atoms with E-state index in [1.165, 1.54) is 0 Å². The van der Waals surface area contributed by atoms with Crippen LogP contribution >= 0.6 is 21.6 Å². The maximum atomic E-state index is 13.3. The van der Waals surface area contributed by atoms with Crippen molar-refractivity contribution in [1.29, 1.82) is 0 Å². The Morgan fingerprint density at radius 1 is 0.500 bits per heavy atom. The van der Waals surface area contributed by atoms with Crippen LogP contribution in [0.3, 0.4) is 0 Å². The fourth-order valence-electron chi connectivity index (χ4n) is 1.23. The van der Waals surface area contributed by atoms with Gasteiger partial charge in [0.15, 0.2) is 34.9 Å². The number of rotatable bonds is 3. The monoisotopic (exact) mass is 326 g/mol. The first kappa shape index (κ1) is 15.1. The van der Waals surface area contributed by atoms with Crippen molar-refractivity contribution in [3.63, 3.8) is 0 Å². The number of hydrogen-bond donors (Lipinski definition) is 0. The minimum Gasteiger partial charge on any atom is -0.204 e. The Balaban J connectivity index is 2.22. The Labute approximate surface area is 117 Å². The second-order valence-electron chi connectivity index (χ2n) is 3.51. The first-order valence-electron chi connectivity index (χ1n) is 5.03. The van der Waals surface area contributed by atoms with Crippen LogP contribution < -0.4 is 0 Å². The average Bonchev–Trinajstić information content (AvgIpc) is 2.43. The highest BCUT2D eigenvalue weighted by Crippen LogP contribution is 2.40. The molecule has 0 fully saturated rings. The molecule has 0 bridgehead atoms. The highest BCUT2D eigenvalue weighted by molar-refractivity contribution is 8.76. The molecule has 0 unspecified atom stereocenters. The lowest BCUT2D eigenvalue weighted by molar-refractivity contribution is 0.435. The predicted octanol–water partition coefficient (Wildman–Crippen LogP) is 5.32. The maximum absolute atomic E-state index is 13.3. The van der Waals surface area contributed by atoms with E-state index >= 15 is 0 Å². The molecular formula is C12H4F6S2. The molecule has 2 rings (SSSR count). The number of hydrogen-bond acceptors (Lipinski definition) is 2. The molecule has 2 aromatic carbocycles. The number of halogens is 6. The fraction of sp³-hybridized carbons (Fsp3) is 0. The van der Waals surface area contributed by atoms with Crippen LogP contribution in [0.25, 0.3) is 0 Å². The zero-order valence-electron chi connectivity index (χ0n) is 9.39. The van der Waals surface area contributed by atoms with Gasteiger partial charge in [0, 0.05) is 0 Å². The Morgan fingerprint density at radius 3 is 1.20 bits per heavy atom. The standard InChI is InChI=1S/C12H4F6S2/c13-5-1-3-7(11(17)9(5)15)19-20-8-4-2-6(14)10(16)12(8)18/h1-4H. The van der Waals surface area contributed by atoms with Gasteiger partial charge in [-0.25, -0.2) is 26.3 Å². The van der Waals surface area contributed by atoms with E-state index in [1.54, 1.807) is 0 Å².